The summed E-state index contributed by atoms with van der Waals surface area (Å²) in [5.41, 5.74) is 1.03. The first-order valence-electron chi connectivity index (χ1n) is 5.16. The van der Waals surface area contributed by atoms with Crippen LogP contribution in [0.15, 0.2) is 24.3 Å². The van der Waals surface area contributed by atoms with Crippen LogP contribution in [-0.2, 0) is 16.1 Å². The van der Waals surface area contributed by atoms with Gasteiger partial charge in [0.1, 0.15) is 6.29 Å². The number of carbonyl (C=O) groups excluding carboxylic acids is 2. The maximum absolute atomic E-state index is 11.6. The van der Waals surface area contributed by atoms with Gasteiger partial charge in [-0.15, -0.1) is 0 Å². The Morgan fingerprint density at radius 1 is 1.38 bits per heavy atom. The summed E-state index contributed by atoms with van der Waals surface area (Å²) in [4.78, 5) is 23.9. The zero-order valence-corrected chi connectivity index (χ0v) is 9.48. The summed E-state index contributed by atoms with van der Waals surface area (Å²) in [6.45, 7) is 1.09. The van der Waals surface area contributed by atoms with Gasteiger partial charge in [-0.2, -0.15) is 0 Å². The lowest BCUT2D eigenvalue weighted by Gasteiger charge is -2.15. The summed E-state index contributed by atoms with van der Waals surface area (Å²) in [6, 6.07) is 7.39. The molecular weight excluding hydrogens is 226 g/mol. The van der Waals surface area contributed by atoms with Gasteiger partial charge in [0.2, 0.25) is 5.91 Å². The zero-order valence-electron chi connectivity index (χ0n) is 8.73. The van der Waals surface area contributed by atoms with E-state index in [-0.39, 0.29) is 11.8 Å². The molecule has 1 atom stereocenters. The fourth-order valence-electron chi connectivity index (χ4n) is 1.86. The molecule has 1 unspecified atom stereocenters. The minimum absolute atomic E-state index is 0.0482. The van der Waals surface area contributed by atoms with Gasteiger partial charge in [-0.3, -0.25) is 4.79 Å². The minimum Gasteiger partial charge on any atom is -0.338 e. The Morgan fingerprint density at radius 3 is 2.62 bits per heavy atom. The van der Waals surface area contributed by atoms with Crippen LogP contribution in [0.3, 0.4) is 0 Å². The molecule has 1 aliphatic heterocycles. The maximum atomic E-state index is 11.6. The molecule has 1 aliphatic rings. The van der Waals surface area contributed by atoms with Crippen molar-refractivity contribution in [3.63, 3.8) is 0 Å². The molecule has 0 aromatic heterocycles. The van der Waals surface area contributed by atoms with Crippen molar-refractivity contribution in [3.05, 3.63) is 34.9 Å². The van der Waals surface area contributed by atoms with E-state index in [0.29, 0.717) is 24.5 Å². The van der Waals surface area contributed by atoms with Gasteiger partial charge < -0.3 is 9.69 Å². The highest BCUT2D eigenvalue weighted by atomic mass is 35.5. The Hall–Kier alpha value is -1.35. The fourth-order valence-corrected chi connectivity index (χ4v) is 1.98. The Labute approximate surface area is 99.0 Å². The van der Waals surface area contributed by atoms with Crippen LogP contribution in [0.1, 0.15) is 12.0 Å². The highest BCUT2D eigenvalue weighted by molar-refractivity contribution is 6.30. The average Bonchev–Trinajstić information content (AvgIpc) is 2.63. The number of likely N-dealkylation sites (tertiary alicyclic amines) is 1. The summed E-state index contributed by atoms with van der Waals surface area (Å²) >= 11 is 5.78. The standard InChI is InChI=1S/C12H12ClNO2/c13-11-3-1-9(2-4-11)6-14-7-10(8-15)5-12(14)16/h1-4,8,10H,5-7H2. The van der Waals surface area contributed by atoms with Crippen molar-refractivity contribution < 1.29 is 9.59 Å². The van der Waals surface area contributed by atoms with Gasteiger partial charge in [0, 0.05) is 30.5 Å². The van der Waals surface area contributed by atoms with Gasteiger partial charge in [-0.1, -0.05) is 23.7 Å². The Balaban J connectivity index is 2.02. The van der Waals surface area contributed by atoms with Crippen molar-refractivity contribution in [1.82, 2.24) is 4.90 Å². The van der Waals surface area contributed by atoms with E-state index in [1.165, 1.54) is 0 Å². The van der Waals surface area contributed by atoms with Crippen molar-refractivity contribution in [1.29, 1.82) is 0 Å². The van der Waals surface area contributed by atoms with Gasteiger partial charge >= 0.3 is 0 Å². The second kappa shape index (κ2) is 4.66. The van der Waals surface area contributed by atoms with Crippen molar-refractivity contribution in [2.45, 2.75) is 13.0 Å². The fraction of sp³-hybridized carbons (Fsp3) is 0.333. The maximum Gasteiger partial charge on any atom is 0.223 e. The van der Waals surface area contributed by atoms with Crippen LogP contribution in [0.4, 0.5) is 0 Å². The molecule has 1 aromatic carbocycles. The molecule has 0 radical (unpaired) electrons. The molecule has 1 aromatic rings. The molecule has 16 heavy (non-hydrogen) atoms. The first-order valence-corrected chi connectivity index (χ1v) is 5.54. The molecule has 4 heteroatoms. The molecule has 0 bridgehead atoms. The van der Waals surface area contributed by atoms with E-state index in [1.807, 2.05) is 12.1 Å². The Morgan fingerprint density at radius 2 is 2.06 bits per heavy atom. The minimum atomic E-state index is -0.139. The van der Waals surface area contributed by atoms with E-state index in [1.54, 1.807) is 17.0 Å². The normalized spacial score (nSPS) is 20.2. The van der Waals surface area contributed by atoms with Crippen molar-refractivity contribution in [2.75, 3.05) is 6.54 Å². The average molecular weight is 238 g/mol. The first kappa shape index (κ1) is 11.1. The summed E-state index contributed by atoms with van der Waals surface area (Å²) < 4.78 is 0. The molecule has 0 saturated carbocycles. The number of aldehydes is 1. The van der Waals surface area contributed by atoms with Gasteiger partial charge in [0.25, 0.3) is 0 Å². The SMILES string of the molecule is O=CC1CC(=O)N(Cc2ccc(Cl)cc2)C1. The smallest absolute Gasteiger partial charge is 0.223 e. The van der Waals surface area contributed by atoms with Crippen molar-refractivity contribution in [2.24, 2.45) is 5.92 Å². The van der Waals surface area contributed by atoms with Gasteiger partial charge in [0.15, 0.2) is 0 Å². The van der Waals surface area contributed by atoms with Crippen LogP contribution in [0.2, 0.25) is 5.02 Å². The van der Waals surface area contributed by atoms with Crippen LogP contribution in [0.25, 0.3) is 0 Å². The molecule has 0 spiro atoms. The van der Waals surface area contributed by atoms with Crippen LogP contribution in [0.5, 0.6) is 0 Å². The molecule has 1 heterocycles. The summed E-state index contributed by atoms with van der Waals surface area (Å²) in [6.07, 6.45) is 1.21. The second-order valence-corrected chi connectivity index (χ2v) is 4.44. The lowest BCUT2D eigenvalue weighted by molar-refractivity contribution is -0.128. The van der Waals surface area contributed by atoms with Crippen LogP contribution in [0, 0.1) is 5.92 Å². The molecule has 1 amide bonds. The highest BCUT2D eigenvalue weighted by Gasteiger charge is 2.28. The number of amides is 1. The molecule has 2 rings (SSSR count). The topological polar surface area (TPSA) is 37.4 Å². The lowest BCUT2D eigenvalue weighted by Crippen LogP contribution is -2.24. The van der Waals surface area contributed by atoms with Crippen molar-refractivity contribution >= 4 is 23.8 Å². The van der Waals surface area contributed by atoms with E-state index in [2.05, 4.69) is 0 Å². The first-order chi connectivity index (χ1) is 7.69. The van der Waals surface area contributed by atoms with E-state index in [0.717, 1.165) is 11.8 Å². The number of halogens is 1. The molecule has 1 saturated heterocycles. The number of carbonyl (C=O) groups is 2. The number of hydrogen-bond donors (Lipinski definition) is 0. The quantitative estimate of drug-likeness (QED) is 0.753. The molecule has 0 N–H and O–H groups in total. The van der Waals surface area contributed by atoms with E-state index in [4.69, 9.17) is 11.6 Å². The van der Waals surface area contributed by atoms with Gasteiger partial charge in [0.05, 0.1) is 0 Å². The zero-order chi connectivity index (χ0) is 11.5. The second-order valence-electron chi connectivity index (χ2n) is 4.00. The predicted molar refractivity (Wildman–Crippen MR) is 61.0 cm³/mol. The van der Waals surface area contributed by atoms with Crippen molar-refractivity contribution in [3.8, 4) is 0 Å². The summed E-state index contributed by atoms with van der Waals surface area (Å²) in [5, 5.41) is 0.683. The van der Waals surface area contributed by atoms with Crippen LogP contribution in [-0.4, -0.2) is 23.6 Å². The lowest BCUT2D eigenvalue weighted by atomic mass is 10.1. The van der Waals surface area contributed by atoms with Gasteiger partial charge in [-0.25, -0.2) is 0 Å². The monoisotopic (exact) mass is 237 g/mol. The highest BCUT2D eigenvalue weighted by Crippen LogP contribution is 2.19. The molecular formula is C12H12ClNO2. The summed E-state index contributed by atoms with van der Waals surface area (Å²) in [7, 11) is 0. The predicted octanol–water partition coefficient (Wildman–Crippen LogP) is 1.89. The largest absolute Gasteiger partial charge is 0.338 e. The molecule has 84 valence electrons. The molecule has 0 aliphatic carbocycles. The molecule has 1 fully saturated rings. The van der Waals surface area contributed by atoms with E-state index >= 15 is 0 Å². The molecule has 3 nitrogen and oxygen atoms in total. The summed E-state index contributed by atoms with van der Waals surface area (Å²) in [5.74, 6) is -0.0909. The Kier molecular flexibility index (Phi) is 3.25. The van der Waals surface area contributed by atoms with E-state index < -0.39 is 0 Å². The number of nitrogens with zero attached hydrogens (tertiary/aromatic N) is 1. The van der Waals surface area contributed by atoms with E-state index in [9.17, 15) is 9.59 Å². The Bertz CT molecular complexity index is 402. The third kappa shape index (κ3) is 2.42. The third-order valence-electron chi connectivity index (χ3n) is 2.72. The van der Waals surface area contributed by atoms with Crippen LogP contribution >= 0.6 is 11.6 Å². The number of rotatable bonds is 3. The third-order valence-corrected chi connectivity index (χ3v) is 2.98. The van der Waals surface area contributed by atoms with Crippen LogP contribution < -0.4 is 0 Å². The number of hydrogen-bond acceptors (Lipinski definition) is 2. The number of benzene rings is 1. The van der Waals surface area contributed by atoms with Gasteiger partial charge in [-0.05, 0) is 17.7 Å².